The van der Waals surface area contributed by atoms with Gasteiger partial charge in [-0.25, -0.2) is 4.39 Å². The van der Waals surface area contributed by atoms with Gasteiger partial charge in [-0.2, -0.15) is 9.97 Å². The van der Waals surface area contributed by atoms with E-state index in [0.717, 1.165) is 0 Å². The highest BCUT2D eigenvalue weighted by Crippen LogP contribution is 2.36. The summed E-state index contributed by atoms with van der Waals surface area (Å²) in [4.78, 5) is 8.45. The van der Waals surface area contributed by atoms with Crippen LogP contribution in [0.1, 0.15) is 19.5 Å². The maximum atomic E-state index is 13.3. The van der Waals surface area contributed by atoms with E-state index in [-0.39, 0.29) is 15.3 Å². The van der Waals surface area contributed by atoms with Crippen LogP contribution < -0.4 is 0 Å². The smallest absolute Gasteiger partial charge is 0.344 e. The van der Waals surface area contributed by atoms with Crippen molar-refractivity contribution in [2.24, 2.45) is 5.92 Å². The van der Waals surface area contributed by atoms with Crippen LogP contribution in [0.25, 0.3) is 11.1 Å². The third-order valence-corrected chi connectivity index (χ3v) is 4.26. The third-order valence-electron chi connectivity index (χ3n) is 2.98. The lowest BCUT2D eigenvalue weighted by atomic mass is 9.99. The summed E-state index contributed by atoms with van der Waals surface area (Å²) in [6.45, 7) is 4.07. The molecule has 0 spiro atoms. The summed E-state index contributed by atoms with van der Waals surface area (Å²) in [6, 6.07) is 4.08. The molecule has 2 aromatic rings. The molecule has 0 N–H and O–H groups in total. The summed E-state index contributed by atoms with van der Waals surface area (Å²) in [6.07, 6.45) is 2.12. The highest BCUT2D eigenvalue weighted by molar-refractivity contribution is 7.90. The van der Waals surface area contributed by atoms with Crippen molar-refractivity contribution in [2.45, 2.75) is 25.4 Å². The zero-order valence-electron chi connectivity index (χ0n) is 12.4. The van der Waals surface area contributed by atoms with E-state index >= 15 is 0 Å². The number of nitrogens with zero attached hydrogens (tertiary/aromatic N) is 2. The Labute approximate surface area is 142 Å². The molecule has 0 aliphatic rings. The molecule has 0 aliphatic heterocycles. The summed E-state index contributed by atoms with van der Waals surface area (Å²) in [5.41, 5.74) is 1.79. The fourth-order valence-corrected chi connectivity index (χ4v) is 3.14. The SMILES string of the molecule is CC(C)Cc1nc([S+](C)[O-])nc(Cl)c1-c1ccc(F)cc1Cl. The molecular formula is C15H15Cl2FN2OS. The highest BCUT2D eigenvalue weighted by Gasteiger charge is 2.21. The maximum absolute atomic E-state index is 13.3. The number of hydrogen-bond acceptors (Lipinski definition) is 3. The van der Waals surface area contributed by atoms with E-state index in [1.807, 2.05) is 13.8 Å². The molecule has 0 saturated carbocycles. The van der Waals surface area contributed by atoms with Gasteiger partial charge >= 0.3 is 5.16 Å². The van der Waals surface area contributed by atoms with Crippen molar-refractivity contribution >= 4 is 34.4 Å². The van der Waals surface area contributed by atoms with Crippen LogP contribution in [0.3, 0.4) is 0 Å². The molecule has 1 aromatic carbocycles. The van der Waals surface area contributed by atoms with Crippen molar-refractivity contribution < 1.29 is 8.94 Å². The Balaban J connectivity index is 2.67. The summed E-state index contributed by atoms with van der Waals surface area (Å²) in [5, 5.41) is 0.591. The lowest BCUT2D eigenvalue weighted by Gasteiger charge is -2.15. The van der Waals surface area contributed by atoms with Crippen LogP contribution in [0.5, 0.6) is 0 Å². The molecule has 0 saturated heterocycles. The van der Waals surface area contributed by atoms with Gasteiger partial charge < -0.3 is 4.55 Å². The van der Waals surface area contributed by atoms with E-state index in [1.54, 1.807) is 6.07 Å². The molecule has 22 heavy (non-hydrogen) atoms. The van der Waals surface area contributed by atoms with Crippen LogP contribution in [0, 0.1) is 11.7 Å². The molecule has 2 rings (SSSR count). The first-order valence-electron chi connectivity index (χ1n) is 6.64. The second-order valence-corrected chi connectivity index (χ2v) is 7.33. The molecule has 0 aliphatic carbocycles. The van der Waals surface area contributed by atoms with E-state index in [1.165, 1.54) is 18.4 Å². The van der Waals surface area contributed by atoms with Gasteiger partial charge in [0.2, 0.25) is 0 Å². The van der Waals surface area contributed by atoms with E-state index in [9.17, 15) is 8.94 Å². The van der Waals surface area contributed by atoms with E-state index in [2.05, 4.69) is 9.97 Å². The first-order valence-corrected chi connectivity index (χ1v) is 8.96. The fourth-order valence-electron chi connectivity index (χ4n) is 2.08. The number of hydrogen-bond donors (Lipinski definition) is 0. The Bertz CT molecular complexity index is 695. The summed E-state index contributed by atoms with van der Waals surface area (Å²) < 4.78 is 24.9. The minimum atomic E-state index is -1.34. The van der Waals surface area contributed by atoms with Crippen molar-refractivity contribution in [3.8, 4) is 11.1 Å². The molecule has 1 unspecified atom stereocenters. The Morgan fingerprint density at radius 3 is 2.50 bits per heavy atom. The monoisotopic (exact) mass is 360 g/mol. The van der Waals surface area contributed by atoms with Gasteiger partial charge in [0.05, 0.1) is 10.7 Å². The molecule has 1 atom stereocenters. The number of benzene rings is 1. The number of rotatable bonds is 4. The van der Waals surface area contributed by atoms with E-state index in [0.29, 0.717) is 29.2 Å². The second kappa shape index (κ2) is 7.13. The van der Waals surface area contributed by atoms with Crippen LogP contribution in [0.4, 0.5) is 4.39 Å². The van der Waals surface area contributed by atoms with Gasteiger partial charge in [-0.1, -0.05) is 37.0 Å². The maximum Gasteiger partial charge on any atom is 0.344 e. The van der Waals surface area contributed by atoms with Gasteiger partial charge in [-0.05, 0) is 30.5 Å². The van der Waals surface area contributed by atoms with Crippen LogP contribution in [0.15, 0.2) is 23.4 Å². The Morgan fingerprint density at radius 1 is 1.27 bits per heavy atom. The molecular weight excluding hydrogens is 346 g/mol. The topological polar surface area (TPSA) is 48.8 Å². The van der Waals surface area contributed by atoms with Crippen molar-refractivity contribution in [1.82, 2.24) is 9.97 Å². The highest BCUT2D eigenvalue weighted by atomic mass is 35.5. The molecule has 0 radical (unpaired) electrons. The van der Waals surface area contributed by atoms with Crippen molar-refractivity contribution in [3.63, 3.8) is 0 Å². The standard InChI is InChI=1S/C15H15Cl2FN2OS/c1-8(2)6-12-13(10-5-4-9(18)7-11(10)16)14(17)20-15(19-12)22(3)21/h4-5,7-8H,6H2,1-3H3. The summed E-state index contributed by atoms with van der Waals surface area (Å²) in [5.74, 6) is -0.121. The minimum Gasteiger partial charge on any atom is -0.609 e. The van der Waals surface area contributed by atoms with Gasteiger partial charge in [-0.15, -0.1) is 0 Å². The van der Waals surface area contributed by atoms with Gasteiger partial charge in [0, 0.05) is 22.3 Å². The van der Waals surface area contributed by atoms with Crippen molar-refractivity contribution in [2.75, 3.05) is 6.26 Å². The van der Waals surface area contributed by atoms with Crippen LogP contribution in [0.2, 0.25) is 10.2 Å². The predicted octanol–water partition coefficient (Wildman–Crippen LogP) is 4.53. The van der Waals surface area contributed by atoms with Gasteiger partial charge in [-0.3, -0.25) is 0 Å². The zero-order chi connectivity index (χ0) is 16.4. The summed E-state index contributed by atoms with van der Waals surface area (Å²) in [7, 11) is 0. The fraction of sp³-hybridized carbons (Fsp3) is 0.333. The summed E-state index contributed by atoms with van der Waals surface area (Å²) >= 11 is 11.1. The lowest BCUT2D eigenvalue weighted by Crippen LogP contribution is -2.10. The van der Waals surface area contributed by atoms with Gasteiger partial charge in [0.25, 0.3) is 0 Å². The Kier molecular flexibility index (Phi) is 5.66. The molecule has 0 amide bonds. The number of aromatic nitrogens is 2. The first-order chi connectivity index (χ1) is 10.3. The van der Waals surface area contributed by atoms with Crippen LogP contribution in [-0.2, 0) is 17.6 Å². The normalized spacial score (nSPS) is 12.7. The third kappa shape index (κ3) is 3.90. The minimum absolute atomic E-state index is 0.171. The molecule has 1 heterocycles. The van der Waals surface area contributed by atoms with Crippen LogP contribution in [-0.4, -0.2) is 20.8 Å². The van der Waals surface area contributed by atoms with Crippen molar-refractivity contribution in [1.29, 1.82) is 0 Å². The molecule has 118 valence electrons. The second-order valence-electron chi connectivity index (χ2n) is 5.29. The predicted molar refractivity (Wildman–Crippen MR) is 88.3 cm³/mol. The first kappa shape index (κ1) is 17.5. The zero-order valence-corrected chi connectivity index (χ0v) is 14.7. The molecule has 0 fully saturated rings. The van der Waals surface area contributed by atoms with Gasteiger partial charge in [0.15, 0.2) is 0 Å². The molecule has 7 heteroatoms. The van der Waals surface area contributed by atoms with Gasteiger partial charge in [0.1, 0.15) is 17.2 Å². The Hall–Kier alpha value is -0.880. The van der Waals surface area contributed by atoms with Crippen LogP contribution >= 0.6 is 23.2 Å². The average Bonchev–Trinajstić information content (AvgIpc) is 2.39. The van der Waals surface area contributed by atoms with E-state index < -0.39 is 17.0 Å². The number of halogens is 3. The molecule has 3 nitrogen and oxygen atoms in total. The average molecular weight is 361 g/mol. The largest absolute Gasteiger partial charge is 0.609 e. The van der Waals surface area contributed by atoms with E-state index in [4.69, 9.17) is 23.2 Å². The quantitative estimate of drug-likeness (QED) is 0.457. The van der Waals surface area contributed by atoms with Crippen molar-refractivity contribution in [3.05, 3.63) is 39.9 Å². The Morgan fingerprint density at radius 2 is 1.95 bits per heavy atom. The molecule has 1 aromatic heterocycles. The lowest BCUT2D eigenvalue weighted by molar-refractivity contribution is 0.586. The molecule has 0 bridgehead atoms.